The van der Waals surface area contributed by atoms with Crippen molar-refractivity contribution in [2.24, 2.45) is 5.92 Å². The number of fused-ring (bicyclic) bond motifs is 1. The van der Waals surface area contributed by atoms with E-state index in [1.54, 1.807) is 7.05 Å². The molecule has 0 radical (unpaired) electrons. The number of benzene rings is 2. The summed E-state index contributed by atoms with van der Waals surface area (Å²) in [6.45, 7) is 2.04. The van der Waals surface area contributed by atoms with Crippen LogP contribution in [0, 0.1) is 5.92 Å². The molecule has 0 aromatic heterocycles. The smallest absolute Gasteiger partial charge is 0.241 e. The summed E-state index contributed by atoms with van der Waals surface area (Å²) in [5.74, 6) is -0.456. The van der Waals surface area contributed by atoms with E-state index in [-0.39, 0.29) is 17.7 Å². The molecule has 3 heteroatoms. The number of imide groups is 1. The van der Waals surface area contributed by atoms with Crippen LogP contribution >= 0.6 is 0 Å². The van der Waals surface area contributed by atoms with Crippen molar-refractivity contribution in [2.75, 3.05) is 7.05 Å². The average Bonchev–Trinajstić information content (AvgIpc) is 3.09. The van der Waals surface area contributed by atoms with Crippen molar-refractivity contribution < 1.29 is 9.59 Å². The molecule has 22 heavy (non-hydrogen) atoms. The van der Waals surface area contributed by atoms with Gasteiger partial charge in [0, 0.05) is 12.5 Å². The van der Waals surface area contributed by atoms with Gasteiger partial charge in [-0.05, 0) is 11.1 Å². The summed E-state index contributed by atoms with van der Waals surface area (Å²) in [6, 6.07) is 19.6. The van der Waals surface area contributed by atoms with E-state index in [1.807, 2.05) is 67.6 Å². The number of likely N-dealkylation sites (N-methyl/N-ethyl adjacent to an activating group) is 1. The minimum absolute atomic E-state index is 0.0693. The monoisotopic (exact) mass is 291 g/mol. The Kier molecular flexibility index (Phi) is 2.45. The topological polar surface area (TPSA) is 37.4 Å². The molecule has 2 aliphatic rings. The highest BCUT2D eigenvalue weighted by Crippen LogP contribution is 2.73. The van der Waals surface area contributed by atoms with Gasteiger partial charge < -0.3 is 0 Å². The second kappa shape index (κ2) is 4.07. The maximum Gasteiger partial charge on any atom is 0.241 e. The summed E-state index contributed by atoms with van der Waals surface area (Å²) >= 11 is 0. The molecular formula is C19H17NO2. The highest BCUT2D eigenvalue weighted by atomic mass is 16.2. The van der Waals surface area contributed by atoms with Gasteiger partial charge in [0.25, 0.3) is 0 Å². The van der Waals surface area contributed by atoms with Gasteiger partial charge in [-0.1, -0.05) is 67.6 Å². The molecule has 2 aromatic carbocycles. The number of nitrogens with zero attached hydrogens (tertiary/aromatic N) is 1. The molecule has 1 aliphatic carbocycles. The van der Waals surface area contributed by atoms with Crippen molar-refractivity contribution in [1.82, 2.24) is 4.90 Å². The Morgan fingerprint density at radius 1 is 0.864 bits per heavy atom. The van der Waals surface area contributed by atoms with Crippen molar-refractivity contribution in [1.29, 1.82) is 0 Å². The third kappa shape index (κ3) is 1.23. The van der Waals surface area contributed by atoms with Gasteiger partial charge in [0.1, 0.15) is 0 Å². The first-order chi connectivity index (χ1) is 10.6. The Morgan fingerprint density at radius 2 is 1.36 bits per heavy atom. The first-order valence-electron chi connectivity index (χ1n) is 7.49. The van der Waals surface area contributed by atoms with Crippen LogP contribution in [0.1, 0.15) is 18.1 Å². The van der Waals surface area contributed by atoms with Crippen LogP contribution in [0.5, 0.6) is 0 Å². The van der Waals surface area contributed by atoms with Crippen molar-refractivity contribution in [3.05, 3.63) is 71.8 Å². The number of amides is 2. The number of carbonyl (C=O) groups excluding carboxylic acids is 2. The van der Waals surface area contributed by atoms with E-state index in [9.17, 15) is 9.59 Å². The molecule has 0 N–H and O–H groups in total. The fourth-order valence-electron chi connectivity index (χ4n) is 4.42. The van der Waals surface area contributed by atoms with Crippen LogP contribution in [-0.4, -0.2) is 23.8 Å². The molecule has 0 spiro atoms. The van der Waals surface area contributed by atoms with Gasteiger partial charge in [-0.25, -0.2) is 0 Å². The number of piperidine rings is 1. The molecule has 3 nitrogen and oxygen atoms in total. The average molecular weight is 291 g/mol. The van der Waals surface area contributed by atoms with E-state index in [0.29, 0.717) is 0 Å². The number of carbonyl (C=O) groups is 2. The van der Waals surface area contributed by atoms with Crippen LogP contribution in [0.2, 0.25) is 0 Å². The molecule has 1 saturated carbocycles. The molecule has 1 aliphatic heterocycles. The molecule has 110 valence electrons. The Balaban J connectivity index is 1.96. The Labute approximate surface area is 129 Å². The molecule has 1 heterocycles. The second-order valence-corrected chi connectivity index (χ2v) is 6.38. The lowest BCUT2D eigenvalue weighted by Crippen LogP contribution is -2.40. The van der Waals surface area contributed by atoms with Crippen molar-refractivity contribution in [3.8, 4) is 0 Å². The van der Waals surface area contributed by atoms with Crippen LogP contribution in [0.4, 0.5) is 0 Å². The lowest BCUT2D eigenvalue weighted by Gasteiger charge is -2.26. The molecule has 1 saturated heterocycles. The van der Waals surface area contributed by atoms with Gasteiger partial charge in [0.05, 0.1) is 11.3 Å². The molecule has 4 rings (SSSR count). The predicted molar refractivity (Wildman–Crippen MR) is 83.2 cm³/mol. The van der Waals surface area contributed by atoms with E-state index >= 15 is 0 Å². The van der Waals surface area contributed by atoms with Crippen LogP contribution in [0.25, 0.3) is 0 Å². The summed E-state index contributed by atoms with van der Waals surface area (Å²) in [5, 5.41) is 0. The van der Waals surface area contributed by atoms with E-state index in [0.717, 1.165) is 11.1 Å². The predicted octanol–water partition coefficient (Wildman–Crippen LogP) is 2.51. The molecule has 3 atom stereocenters. The van der Waals surface area contributed by atoms with Gasteiger partial charge in [-0.3, -0.25) is 14.5 Å². The number of hydrogen-bond donors (Lipinski definition) is 0. The minimum Gasteiger partial charge on any atom is -0.285 e. The van der Waals surface area contributed by atoms with Crippen molar-refractivity contribution in [3.63, 3.8) is 0 Å². The van der Waals surface area contributed by atoms with Gasteiger partial charge in [0.15, 0.2) is 0 Å². The van der Waals surface area contributed by atoms with E-state index in [4.69, 9.17) is 0 Å². The molecule has 2 aromatic rings. The van der Waals surface area contributed by atoms with Crippen LogP contribution in [0.3, 0.4) is 0 Å². The van der Waals surface area contributed by atoms with Crippen LogP contribution < -0.4 is 0 Å². The zero-order chi connectivity index (χ0) is 15.5. The highest BCUT2D eigenvalue weighted by molar-refractivity contribution is 6.18. The fraction of sp³-hybridized carbons (Fsp3) is 0.263. The Morgan fingerprint density at radius 3 is 1.91 bits per heavy atom. The van der Waals surface area contributed by atoms with E-state index in [2.05, 4.69) is 0 Å². The lowest BCUT2D eigenvalue weighted by atomic mass is 9.82. The SMILES string of the molecule is CN1C(=O)C2[C@@](C)(c3ccccc3)[C@@]2(c2ccccc2)C1=O. The van der Waals surface area contributed by atoms with Gasteiger partial charge in [0.2, 0.25) is 11.8 Å². The first kappa shape index (κ1) is 13.3. The highest BCUT2D eigenvalue weighted by Gasteiger charge is 2.86. The van der Waals surface area contributed by atoms with Crippen molar-refractivity contribution in [2.45, 2.75) is 17.8 Å². The molecule has 2 fully saturated rings. The summed E-state index contributed by atoms with van der Waals surface area (Å²) < 4.78 is 0. The zero-order valence-corrected chi connectivity index (χ0v) is 12.6. The number of rotatable bonds is 2. The zero-order valence-electron chi connectivity index (χ0n) is 12.6. The molecular weight excluding hydrogens is 274 g/mol. The normalized spacial score (nSPS) is 33.0. The molecule has 2 amide bonds. The van der Waals surface area contributed by atoms with Crippen LogP contribution in [0.15, 0.2) is 60.7 Å². The maximum absolute atomic E-state index is 13.0. The lowest BCUT2D eigenvalue weighted by molar-refractivity contribution is -0.141. The van der Waals surface area contributed by atoms with Crippen molar-refractivity contribution >= 4 is 11.8 Å². The largest absolute Gasteiger partial charge is 0.285 e. The Hall–Kier alpha value is -2.42. The van der Waals surface area contributed by atoms with Gasteiger partial charge in [-0.15, -0.1) is 0 Å². The van der Waals surface area contributed by atoms with Crippen LogP contribution in [-0.2, 0) is 20.4 Å². The second-order valence-electron chi connectivity index (χ2n) is 6.38. The van der Waals surface area contributed by atoms with Gasteiger partial charge >= 0.3 is 0 Å². The third-order valence-corrected chi connectivity index (χ3v) is 5.57. The third-order valence-electron chi connectivity index (χ3n) is 5.57. The molecule has 1 unspecified atom stereocenters. The van der Waals surface area contributed by atoms with Gasteiger partial charge in [-0.2, -0.15) is 0 Å². The molecule has 0 bridgehead atoms. The standard InChI is InChI=1S/C19H17NO2/c1-18(13-9-5-3-6-10-13)15-16(21)20(2)17(22)19(15,18)14-11-7-4-8-12-14/h3-12,15H,1-2H3/t15?,18-,19-/m1/s1. The number of hydrogen-bond acceptors (Lipinski definition) is 2. The quantitative estimate of drug-likeness (QED) is 0.797. The summed E-state index contributed by atoms with van der Waals surface area (Å²) in [6.07, 6.45) is 0. The first-order valence-corrected chi connectivity index (χ1v) is 7.49. The minimum atomic E-state index is -0.749. The van der Waals surface area contributed by atoms with E-state index < -0.39 is 10.8 Å². The maximum atomic E-state index is 13.0. The summed E-state index contributed by atoms with van der Waals surface area (Å²) in [5.41, 5.74) is 0.783. The Bertz CT molecular complexity index is 771. The summed E-state index contributed by atoms with van der Waals surface area (Å²) in [7, 11) is 1.59. The summed E-state index contributed by atoms with van der Waals surface area (Å²) in [4.78, 5) is 26.9. The fourth-order valence-corrected chi connectivity index (χ4v) is 4.42. The number of likely N-dealkylation sites (tertiary alicyclic amines) is 1. The van der Waals surface area contributed by atoms with E-state index in [1.165, 1.54) is 4.90 Å².